The topological polar surface area (TPSA) is 79.3 Å². The van der Waals surface area contributed by atoms with E-state index < -0.39 is 0 Å². The summed E-state index contributed by atoms with van der Waals surface area (Å²) in [4.78, 5) is 26.2. The predicted molar refractivity (Wildman–Crippen MR) is 112 cm³/mol. The predicted octanol–water partition coefficient (Wildman–Crippen LogP) is 3.17. The number of urea groups is 1. The van der Waals surface area contributed by atoms with Crippen molar-refractivity contribution in [3.8, 4) is 0 Å². The van der Waals surface area contributed by atoms with Crippen LogP contribution in [0.2, 0.25) is 0 Å². The highest BCUT2D eigenvalue weighted by Crippen LogP contribution is 2.12. The molecule has 3 aromatic rings. The first-order valence-corrected chi connectivity index (χ1v) is 9.41. The zero-order valence-corrected chi connectivity index (χ0v) is 16.6. The number of carbonyl (C=O) groups is 2. The van der Waals surface area contributed by atoms with E-state index in [2.05, 4.69) is 15.7 Å². The largest absolute Gasteiger partial charge is 0.334 e. The van der Waals surface area contributed by atoms with Gasteiger partial charge in [-0.15, -0.1) is 0 Å². The number of benzene rings is 2. The molecule has 0 unspecified atom stereocenters. The van der Waals surface area contributed by atoms with Gasteiger partial charge in [-0.25, -0.2) is 4.79 Å². The maximum Gasteiger partial charge on any atom is 0.317 e. The lowest BCUT2D eigenvalue weighted by molar-refractivity contribution is -0.116. The van der Waals surface area contributed by atoms with E-state index in [1.807, 2.05) is 55.5 Å². The first-order valence-electron chi connectivity index (χ1n) is 9.41. The standard InChI is InChI=1S/C22H25N5O2/c1-17-7-3-4-9-19(17)15-26(2)22(29)23-14-18-8-5-10-20(13-18)25-21(28)16-27-12-6-11-24-27/h3-13H,14-16H2,1-2H3,(H,23,29)(H,25,28). The molecule has 0 radical (unpaired) electrons. The molecular weight excluding hydrogens is 366 g/mol. The molecule has 29 heavy (non-hydrogen) atoms. The van der Waals surface area contributed by atoms with Crippen molar-refractivity contribution in [2.75, 3.05) is 12.4 Å². The van der Waals surface area contributed by atoms with Crippen molar-refractivity contribution in [3.63, 3.8) is 0 Å². The number of hydrogen-bond donors (Lipinski definition) is 2. The van der Waals surface area contributed by atoms with E-state index in [-0.39, 0.29) is 18.5 Å². The molecule has 2 aromatic carbocycles. The monoisotopic (exact) mass is 391 g/mol. The van der Waals surface area contributed by atoms with Gasteiger partial charge in [0.2, 0.25) is 5.91 Å². The SMILES string of the molecule is Cc1ccccc1CN(C)C(=O)NCc1cccc(NC(=O)Cn2cccn2)c1. The van der Waals surface area contributed by atoms with Gasteiger partial charge in [-0.05, 0) is 41.8 Å². The second-order valence-corrected chi connectivity index (χ2v) is 6.89. The Kier molecular flexibility index (Phi) is 6.63. The van der Waals surface area contributed by atoms with Crippen molar-refractivity contribution in [1.29, 1.82) is 0 Å². The summed E-state index contributed by atoms with van der Waals surface area (Å²) in [6.45, 7) is 3.10. The molecule has 7 nitrogen and oxygen atoms in total. The third-order valence-corrected chi connectivity index (χ3v) is 4.53. The van der Waals surface area contributed by atoms with Crippen molar-refractivity contribution >= 4 is 17.6 Å². The number of carbonyl (C=O) groups excluding carboxylic acids is 2. The quantitative estimate of drug-likeness (QED) is 0.649. The van der Waals surface area contributed by atoms with Crippen LogP contribution in [-0.4, -0.2) is 33.7 Å². The Bertz CT molecular complexity index is 969. The van der Waals surface area contributed by atoms with E-state index in [9.17, 15) is 9.59 Å². The maximum atomic E-state index is 12.4. The van der Waals surface area contributed by atoms with Crippen LogP contribution in [0, 0.1) is 6.92 Å². The van der Waals surface area contributed by atoms with Gasteiger partial charge in [0.05, 0.1) is 0 Å². The number of nitrogens with one attached hydrogen (secondary N) is 2. The Labute approximate surface area is 170 Å². The molecule has 2 N–H and O–H groups in total. The van der Waals surface area contributed by atoms with Crippen LogP contribution in [-0.2, 0) is 24.4 Å². The molecular formula is C22H25N5O2. The van der Waals surface area contributed by atoms with Crippen molar-refractivity contribution in [2.24, 2.45) is 0 Å². The fourth-order valence-electron chi connectivity index (χ4n) is 2.93. The molecule has 0 aliphatic rings. The van der Waals surface area contributed by atoms with Gasteiger partial charge in [0.15, 0.2) is 0 Å². The van der Waals surface area contributed by atoms with E-state index >= 15 is 0 Å². The van der Waals surface area contributed by atoms with Gasteiger partial charge in [-0.1, -0.05) is 36.4 Å². The molecule has 0 fully saturated rings. The number of anilines is 1. The Morgan fingerprint density at radius 1 is 1.10 bits per heavy atom. The van der Waals surface area contributed by atoms with Gasteiger partial charge in [-0.2, -0.15) is 5.10 Å². The average Bonchev–Trinajstić information content (AvgIpc) is 3.21. The molecule has 3 amide bonds. The smallest absolute Gasteiger partial charge is 0.317 e. The summed E-state index contributed by atoms with van der Waals surface area (Å²) < 4.78 is 1.56. The lowest BCUT2D eigenvalue weighted by Crippen LogP contribution is -2.36. The van der Waals surface area contributed by atoms with Crippen LogP contribution in [0.4, 0.5) is 10.5 Å². The summed E-state index contributed by atoms with van der Waals surface area (Å²) in [6.07, 6.45) is 3.37. The van der Waals surface area contributed by atoms with Crippen molar-refractivity contribution in [2.45, 2.75) is 26.6 Å². The second kappa shape index (κ2) is 9.54. The molecule has 0 spiro atoms. The van der Waals surface area contributed by atoms with Crippen LogP contribution >= 0.6 is 0 Å². The highest BCUT2D eigenvalue weighted by molar-refractivity contribution is 5.90. The molecule has 0 saturated heterocycles. The first-order chi connectivity index (χ1) is 14.0. The van der Waals surface area contributed by atoms with Crippen LogP contribution in [0.3, 0.4) is 0 Å². The molecule has 0 saturated carbocycles. The zero-order chi connectivity index (χ0) is 20.6. The summed E-state index contributed by atoms with van der Waals surface area (Å²) in [7, 11) is 1.77. The molecule has 1 heterocycles. The molecule has 0 atom stereocenters. The maximum absolute atomic E-state index is 12.4. The summed E-state index contributed by atoms with van der Waals surface area (Å²) in [6, 6.07) is 17.1. The fourth-order valence-corrected chi connectivity index (χ4v) is 2.93. The number of nitrogens with zero attached hydrogens (tertiary/aromatic N) is 3. The molecule has 150 valence electrons. The molecule has 1 aromatic heterocycles. The van der Waals surface area contributed by atoms with Crippen molar-refractivity contribution < 1.29 is 9.59 Å². The molecule has 3 rings (SSSR count). The van der Waals surface area contributed by atoms with Crippen LogP contribution in [0.15, 0.2) is 67.0 Å². The van der Waals surface area contributed by atoms with Crippen LogP contribution < -0.4 is 10.6 Å². The summed E-state index contributed by atoms with van der Waals surface area (Å²) in [5, 5.41) is 9.78. The number of aryl methyl sites for hydroxylation is 1. The summed E-state index contributed by atoms with van der Waals surface area (Å²) in [5.74, 6) is -0.159. The summed E-state index contributed by atoms with van der Waals surface area (Å²) in [5.41, 5.74) is 3.86. The Balaban J connectivity index is 1.51. The summed E-state index contributed by atoms with van der Waals surface area (Å²) >= 11 is 0. The van der Waals surface area contributed by atoms with Crippen LogP contribution in [0.5, 0.6) is 0 Å². The Morgan fingerprint density at radius 2 is 1.93 bits per heavy atom. The average molecular weight is 391 g/mol. The molecule has 0 bridgehead atoms. The third kappa shape index (κ3) is 5.93. The van der Waals surface area contributed by atoms with Gasteiger partial charge in [-0.3, -0.25) is 9.48 Å². The lowest BCUT2D eigenvalue weighted by atomic mass is 10.1. The third-order valence-electron chi connectivity index (χ3n) is 4.53. The number of amides is 3. The van der Waals surface area contributed by atoms with E-state index in [1.54, 1.807) is 35.1 Å². The van der Waals surface area contributed by atoms with E-state index in [1.165, 1.54) is 0 Å². The number of hydrogen-bond acceptors (Lipinski definition) is 3. The van der Waals surface area contributed by atoms with E-state index in [0.717, 1.165) is 16.7 Å². The molecule has 7 heteroatoms. The van der Waals surface area contributed by atoms with Crippen molar-refractivity contribution in [3.05, 3.63) is 83.7 Å². The molecule has 0 aliphatic carbocycles. The van der Waals surface area contributed by atoms with Gasteiger partial charge in [0.1, 0.15) is 6.54 Å². The highest BCUT2D eigenvalue weighted by atomic mass is 16.2. The van der Waals surface area contributed by atoms with Gasteiger partial charge in [0, 0.05) is 38.2 Å². The Morgan fingerprint density at radius 3 is 2.69 bits per heavy atom. The number of aromatic nitrogens is 2. The lowest BCUT2D eigenvalue weighted by Gasteiger charge is -2.19. The van der Waals surface area contributed by atoms with E-state index in [0.29, 0.717) is 18.8 Å². The Hall–Kier alpha value is -3.61. The van der Waals surface area contributed by atoms with Gasteiger partial charge < -0.3 is 15.5 Å². The van der Waals surface area contributed by atoms with E-state index in [4.69, 9.17) is 0 Å². The fraction of sp³-hybridized carbons (Fsp3) is 0.227. The first kappa shape index (κ1) is 20.1. The minimum atomic E-state index is -0.159. The van der Waals surface area contributed by atoms with Gasteiger partial charge >= 0.3 is 6.03 Å². The molecule has 0 aliphatic heterocycles. The zero-order valence-electron chi connectivity index (χ0n) is 16.6. The van der Waals surface area contributed by atoms with Crippen LogP contribution in [0.25, 0.3) is 0 Å². The number of rotatable bonds is 7. The minimum absolute atomic E-state index is 0.150. The second-order valence-electron chi connectivity index (χ2n) is 6.89. The highest BCUT2D eigenvalue weighted by Gasteiger charge is 2.10. The van der Waals surface area contributed by atoms with Gasteiger partial charge in [0.25, 0.3) is 0 Å². The normalized spacial score (nSPS) is 10.4. The van der Waals surface area contributed by atoms with Crippen LogP contribution in [0.1, 0.15) is 16.7 Å². The van der Waals surface area contributed by atoms with Crippen molar-refractivity contribution in [1.82, 2.24) is 20.0 Å². The minimum Gasteiger partial charge on any atom is -0.334 e.